The van der Waals surface area contributed by atoms with Crippen LogP contribution in [0.2, 0.25) is 10.0 Å². The summed E-state index contributed by atoms with van der Waals surface area (Å²) in [5.41, 5.74) is 0.0787. The van der Waals surface area contributed by atoms with Gasteiger partial charge >= 0.3 is 6.03 Å². The standard InChI is InChI=1S/C18H15Cl2N3O3/c1-18-14(16(24)21-11-5-2-9(19)3-6-11)15(22-17(25)23-18)12-8-10(20)4-7-13(12)26-18/h2-8,14-15H,1H3,(H,21,24)(H2,22,23,25)/t14-,15+,18+/m1/s1. The lowest BCUT2D eigenvalue weighted by Crippen LogP contribution is -2.70. The number of fused-ring (bicyclic) bond motifs is 4. The molecular weight excluding hydrogens is 377 g/mol. The highest BCUT2D eigenvalue weighted by Gasteiger charge is 2.55. The normalized spacial score (nSPS) is 26.0. The summed E-state index contributed by atoms with van der Waals surface area (Å²) in [6, 6.07) is 11.0. The van der Waals surface area contributed by atoms with Crippen LogP contribution in [-0.2, 0) is 4.79 Å². The monoisotopic (exact) mass is 391 g/mol. The largest absolute Gasteiger partial charge is 0.467 e. The lowest BCUT2D eigenvalue weighted by molar-refractivity contribution is -0.133. The Bertz CT molecular complexity index is 903. The van der Waals surface area contributed by atoms with Crippen molar-refractivity contribution in [3.8, 4) is 5.75 Å². The van der Waals surface area contributed by atoms with Crippen molar-refractivity contribution in [3.05, 3.63) is 58.1 Å². The highest BCUT2D eigenvalue weighted by Crippen LogP contribution is 2.45. The molecule has 1 saturated heterocycles. The number of amides is 3. The summed E-state index contributed by atoms with van der Waals surface area (Å²) in [5, 5.41) is 9.46. The van der Waals surface area contributed by atoms with E-state index in [0.29, 0.717) is 27.0 Å². The Labute approximate surface area is 159 Å². The molecule has 134 valence electrons. The molecule has 8 heteroatoms. The Kier molecular flexibility index (Phi) is 3.97. The second-order valence-corrected chi connectivity index (χ2v) is 7.31. The lowest BCUT2D eigenvalue weighted by Gasteiger charge is -2.49. The first-order chi connectivity index (χ1) is 12.4. The maximum atomic E-state index is 13.0. The molecule has 2 aromatic rings. The third-order valence-electron chi connectivity index (χ3n) is 4.60. The van der Waals surface area contributed by atoms with Crippen LogP contribution in [0.25, 0.3) is 0 Å². The highest BCUT2D eigenvalue weighted by atomic mass is 35.5. The molecule has 0 aromatic heterocycles. The fraction of sp³-hybridized carbons (Fsp3) is 0.222. The summed E-state index contributed by atoms with van der Waals surface area (Å²) in [5.74, 6) is -0.426. The van der Waals surface area contributed by atoms with Crippen LogP contribution in [0.5, 0.6) is 5.75 Å². The van der Waals surface area contributed by atoms with Crippen LogP contribution in [0.15, 0.2) is 42.5 Å². The molecule has 3 atom stereocenters. The molecule has 3 N–H and O–H groups in total. The van der Waals surface area contributed by atoms with E-state index in [4.69, 9.17) is 27.9 Å². The van der Waals surface area contributed by atoms with Gasteiger partial charge in [0.1, 0.15) is 11.7 Å². The molecule has 2 bridgehead atoms. The first kappa shape index (κ1) is 17.0. The van der Waals surface area contributed by atoms with Crippen LogP contribution >= 0.6 is 23.2 Å². The zero-order valence-corrected chi connectivity index (χ0v) is 15.2. The van der Waals surface area contributed by atoms with Crippen LogP contribution in [0.4, 0.5) is 10.5 Å². The van der Waals surface area contributed by atoms with Gasteiger partial charge in [-0.25, -0.2) is 4.79 Å². The number of anilines is 1. The zero-order valence-electron chi connectivity index (χ0n) is 13.7. The maximum Gasteiger partial charge on any atom is 0.318 e. The summed E-state index contributed by atoms with van der Waals surface area (Å²) in [4.78, 5) is 25.1. The van der Waals surface area contributed by atoms with Crippen LogP contribution in [0, 0.1) is 5.92 Å². The van der Waals surface area contributed by atoms with Crippen LogP contribution in [0.3, 0.4) is 0 Å². The fourth-order valence-corrected chi connectivity index (χ4v) is 3.77. The van der Waals surface area contributed by atoms with Crippen molar-refractivity contribution < 1.29 is 14.3 Å². The Morgan fingerprint density at radius 1 is 1.15 bits per heavy atom. The fourth-order valence-electron chi connectivity index (χ4n) is 3.47. The second-order valence-electron chi connectivity index (χ2n) is 6.44. The zero-order chi connectivity index (χ0) is 18.5. The van der Waals surface area contributed by atoms with E-state index in [1.807, 2.05) is 0 Å². The molecular formula is C18H15Cl2N3O3. The predicted molar refractivity (Wildman–Crippen MR) is 98.5 cm³/mol. The summed E-state index contributed by atoms with van der Waals surface area (Å²) in [7, 11) is 0. The van der Waals surface area contributed by atoms with Crippen molar-refractivity contribution in [3.63, 3.8) is 0 Å². The van der Waals surface area contributed by atoms with E-state index in [9.17, 15) is 9.59 Å². The molecule has 0 unspecified atom stereocenters. The first-order valence-electron chi connectivity index (χ1n) is 7.99. The molecule has 0 spiro atoms. The van der Waals surface area contributed by atoms with Gasteiger partial charge in [-0.3, -0.25) is 10.1 Å². The molecule has 26 heavy (non-hydrogen) atoms. The summed E-state index contributed by atoms with van der Waals surface area (Å²) < 4.78 is 5.99. The van der Waals surface area contributed by atoms with Gasteiger partial charge in [-0.1, -0.05) is 23.2 Å². The molecule has 4 rings (SSSR count). The minimum Gasteiger partial charge on any atom is -0.467 e. The number of carbonyl (C=O) groups is 2. The minimum atomic E-state index is -1.19. The molecule has 0 aliphatic carbocycles. The van der Waals surface area contributed by atoms with Crippen molar-refractivity contribution in [2.24, 2.45) is 5.92 Å². The molecule has 2 aliphatic rings. The number of ether oxygens (including phenoxy) is 1. The third kappa shape index (κ3) is 2.85. The second kappa shape index (κ2) is 6.07. The van der Waals surface area contributed by atoms with E-state index in [0.717, 1.165) is 0 Å². The van der Waals surface area contributed by atoms with Crippen molar-refractivity contribution in [2.45, 2.75) is 18.7 Å². The number of benzene rings is 2. The number of halogens is 2. The maximum absolute atomic E-state index is 13.0. The quantitative estimate of drug-likeness (QED) is 0.729. The van der Waals surface area contributed by atoms with E-state index in [2.05, 4.69) is 16.0 Å². The van der Waals surface area contributed by atoms with Gasteiger partial charge in [-0.15, -0.1) is 0 Å². The van der Waals surface area contributed by atoms with Crippen LogP contribution in [0.1, 0.15) is 18.5 Å². The van der Waals surface area contributed by atoms with Gasteiger partial charge in [0.15, 0.2) is 5.72 Å². The number of carbonyl (C=O) groups excluding carboxylic acids is 2. The summed E-state index contributed by atoms with van der Waals surface area (Å²) in [6.07, 6.45) is 0. The van der Waals surface area contributed by atoms with E-state index in [-0.39, 0.29) is 5.91 Å². The molecule has 6 nitrogen and oxygen atoms in total. The minimum absolute atomic E-state index is 0.294. The number of hydrogen-bond acceptors (Lipinski definition) is 3. The molecule has 0 radical (unpaired) electrons. The summed E-state index contributed by atoms with van der Waals surface area (Å²) in [6.45, 7) is 1.68. The van der Waals surface area contributed by atoms with Gasteiger partial charge < -0.3 is 15.4 Å². The smallest absolute Gasteiger partial charge is 0.318 e. The van der Waals surface area contributed by atoms with Gasteiger partial charge in [-0.05, 0) is 49.4 Å². The molecule has 2 heterocycles. The van der Waals surface area contributed by atoms with Gasteiger partial charge in [-0.2, -0.15) is 0 Å². The van der Waals surface area contributed by atoms with E-state index < -0.39 is 23.7 Å². The van der Waals surface area contributed by atoms with Gasteiger partial charge in [0.05, 0.1) is 6.04 Å². The van der Waals surface area contributed by atoms with Crippen LogP contribution in [-0.4, -0.2) is 17.7 Å². The van der Waals surface area contributed by atoms with Crippen molar-refractivity contribution in [1.29, 1.82) is 0 Å². The topological polar surface area (TPSA) is 79.5 Å². The Hall–Kier alpha value is -2.44. The Morgan fingerprint density at radius 2 is 1.85 bits per heavy atom. The summed E-state index contributed by atoms with van der Waals surface area (Å²) >= 11 is 12.0. The molecule has 2 aromatic carbocycles. The van der Waals surface area contributed by atoms with E-state index in [1.165, 1.54) is 0 Å². The number of nitrogens with one attached hydrogen (secondary N) is 3. The SMILES string of the molecule is C[C@]12NC(=O)N[C@@H](c3cc(Cl)ccc3O1)[C@@H]2C(=O)Nc1ccc(Cl)cc1. The van der Waals surface area contributed by atoms with Crippen molar-refractivity contribution in [2.75, 3.05) is 5.32 Å². The van der Waals surface area contributed by atoms with E-state index >= 15 is 0 Å². The Morgan fingerprint density at radius 3 is 2.58 bits per heavy atom. The van der Waals surface area contributed by atoms with Crippen molar-refractivity contribution in [1.82, 2.24) is 10.6 Å². The average Bonchev–Trinajstić information content (AvgIpc) is 2.56. The predicted octanol–water partition coefficient (Wildman–Crippen LogP) is 3.71. The number of rotatable bonds is 2. The Balaban J connectivity index is 1.71. The van der Waals surface area contributed by atoms with Gasteiger partial charge in [0, 0.05) is 21.3 Å². The van der Waals surface area contributed by atoms with Gasteiger partial charge in [0.2, 0.25) is 5.91 Å². The first-order valence-corrected chi connectivity index (χ1v) is 8.75. The molecule has 1 fully saturated rings. The molecule has 2 aliphatic heterocycles. The number of urea groups is 1. The van der Waals surface area contributed by atoms with Crippen LogP contribution < -0.4 is 20.7 Å². The average molecular weight is 392 g/mol. The van der Waals surface area contributed by atoms with Crippen molar-refractivity contribution >= 4 is 40.8 Å². The molecule has 0 saturated carbocycles. The highest BCUT2D eigenvalue weighted by molar-refractivity contribution is 6.31. The molecule has 3 amide bonds. The van der Waals surface area contributed by atoms with E-state index in [1.54, 1.807) is 49.4 Å². The number of hydrogen-bond donors (Lipinski definition) is 3. The third-order valence-corrected chi connectivity index (χ3v) is 5.09. The lowest BCUT2D eigenvalue weighted by atomic mass is 9.80. The van der Waals surface area contributed by atoms with Gasteiger partial charge in [0.25, 0.3) is 0 Å².